The number of halogens is 2. The Morgan fingerprint density at radius 1 is 0.931 bits per heavy atom. The first kappa shape index (κ1) is 22.9. The summed E-state index contributed by atoms with van der Waals surface area (Å²) in [6, 6.07) is 11.5. The van der Waals surface area contributed by atoms with Gasteiger partial charge in [0.1, 0.15) is 5.75 Å². The molecule has 0 radical (unpaired) electrons. The molecule has 0 bridgehead atoms. The Balaban J connectivity index is 1.94. The highest BCUT2D eigenvalue weighted by atomic mass is 19.3. The van der Waals surface area contributed by atoms with Crippen molar-refractivity contribution in [1.29, 1.82) is 0 Å². The van der Waals surface area contributed by atoms with Crippen LogP contribution in [0.4, 0.5) is 8.78 Å². The summed E-state index contributed by atoms with van der Waals surface area (Å²) in [4.78, 5) is 11.5. The smallest absolute Gasteiger partial charge is 0.387 e. The molecule has 0 aliphatic heterocycles. The van der Waals surface area contributed by atoms with E-state index in [9.17, 15) is 18.7 Å². The van der Waals surface area contributed by atoms with Crippen LogP contribution >= 0.6 is 0 Å². The minimum atomic E-state index is -2.95. The zero-order valence-corrected chi connectivity index (χ0v) is 17.0. The molecule has 158 valence electrons. The Morgan fingerprint density at radius 3 is 2.14 bits per heavy atom. The molecule has 29 heavy (non-hydrogen) atoms. The molecule has 0 aliphatic rings. The average Bonchev–Trinajstić information content (AvgIpc) is 2.70. The summed E-state index contributed by atoms with van der Waals surface area (Å²) in [5, 5.41) is 9.40. The maximum atomic E-state index is 12.5. The number of carboxylic acid groups (broad SMARTS) is 1. The normalized spacial score (nSPS) is 11.0. The van der Waals surface area contributed by atoms with Crippen molar-refractivity contribution in [1.82, 2.24) is 0 Å². The maximum absolute atomic E-state index is 12.5. The van der Waals surface area contributed by atoms with E-state index in [0.29, 0.717) is 11.1 Å². The predicted octanol–water partition coefficient (Wildman–Crippen LogP) is 7.34. The van der Waals surface area contributed by atoms with Gasteiger partial charge in [0, 0.05) is 0 Å². The molecule has 0 amide bonds. The summed E-state index contributed by atoms with van der Waals surface area (Å²) in [7, 11) is 0. The van der Waals surface area contributed by atoms with Crippen molar-refractivity contribution in [3.63, 3.8) is 0 Å². The number of alkyl halides is 2. The molecule has 0 atom stereocenters. The van der Waals surface area contributed by atoms with Gasteiger partial charge in [0.05, 0.1) is 5.56 Å². The Labute approximate surface area is 171 Å². The van der Waals surface area contributed by atoms with Crippen LogP contribution in [0.15, 0.2) is 42.5 Å². The fraction of sp³-hybridized carbons (Fsp3) is 0.458. The lowest BCUT2D eigenvalue weighted by Gasteiger charge is -2.11. The first-order valence-corrected chi connectivity index (χ1v) is 10.4. The topological polar surface area (TPSA) is 46.5 Å². The van der Waals surface area contributed by atoms with Crippen molar-refractivity contribution < 1.29 is 23.4 Å². The SMILES string of the molecule is CCCCCCCCCCc1ccc(-c2cc(OC(F)F)ccc2C(=O)O)cc1. The Bertz CT molecular complexity index is 757. The summed E-state index contributed by atoms with van der Waals surface area (Å²) in [5.41, 5.74) is 2.29. The van der Waals surface area contributed by atoms with Crippen molar-refractivity contribution in [3.8, 4) is 16.9 Å². The molecule has 2 aromatic carbocycles. The Morgan fingerprint density at radius 2 is 1.55 bits per heavy atom. The number of carboxylic acids is 1. The van der Waals surface area contributed by atoms with Gasteiger partial charge in [-0.05, 0) is 47.7 Å². The van der Waals surface area contributed by atoms with E-state index in [2.05, 4.69) is 11.7 Å². The molecule has 5 heteroatoms. The summed E-state index contributed by atoms with van der Waals surface area (Å²) in [6.07, 6.45) is 11.1. The van der Waals surface area contributed by atoms with Crippen LogP contribution in [0, 0.1) is 0 Å². The van der Waals surface area contributed by atoms with Gasteiger partial charge < -0.3 is 9.84 Å². The summed E-state index contributed by atoms with van der Waals surface area (Å²) >= 11 is 0. The van der Waals surface area contributed by atoms with Gasteiger partial charge in [0.2, 0.25) is 0 Å². The van der Waals surface area contributed by atoms with Gasteiger partial charge >= 0.3 is 12.6 Å². The van der Waals surface area contributed by atoms with Gasteiger partial charge in [0.25, 0.3) is 0 Å². The Kier molecular flexibility index (Phi) is 9.62. The first-order chi connectivity index (χ1) is 14.0. The van der Waals surface area contributed by atoms with E-state index in [-0.39, 0.29) is 11.3 Å². The molecule has 0 unspecified atom stereocenters. The molecule has 0 spiro atoms. The molecule has 0 aliphatic carbocycles. The Hall–Kier alpha value is -2.43. The van der Waals surface area contributed by atoms with Crippen LogP contribution in [0.5, 0.6) is 5.75 Å². The largest absolute Gasteiger partial charge is 0.478 e. The molecule has 0 aromatic heterocycles. The quantitative estimate of drug-likeness (QED) is 0.355. The molecule has 1 N–H and O–H groups in total. The molecule has 3 nitrogen and oxygen atoms in total. The standard InChI is InChI=1S/C24H30F2O3/c1-2-3-4-5-6-7-8-9-10-18-11-13-19(14-12-18)22-17-20(29-24(25)26)15-16-21(22)23(27)28/h11-17,24H,2-10H2,1H3,(H,27,28). The zero-order chi connectivity index (χ0) is 21.1. The van der Waals surface area contributed by atoms with Crippen LogP contribution in [-0.4, -0.2) is 17.7 Å². The first-order valence-electron chi connectivity index (χ1n) is 10.4. The van der Waals surface area contributed by atoms with E-state index >= 15 is 0 Å². The van der Waals surface area contributed by atoms with Crippen LogP contribution < -0.4 is 4.74 Å². The third-order valence-electron chi connectivity index (χ3n) is 5.03. The fourth-order valence-corrected chi connectivity index (χ4v) is 3.44. The number of aromatic carboxylic acids is 1. The zero-order valence-electron chi connectivity index (χ0n) is 17.0. The number of hydrogen-bond donors (Lipinski definition) is 1. The minimum Gasteiger partial charge on any atom is -0.478 e. The van der Waals surface area contributed by atoms with E-state index in [1.807, 2.05) is 24.3 Å². The van der Waals surface area contributed by atoms with Crippen LogP contribution in [0.3, 0.4) is 0 Å². The van der Waals surface area contributed by atoms with Gasteiger partial charge in [-0.25, -0.2) is 4.79 Å². The third-order valence-corrected chi connectivity index (χ3v) is 5.03. The van der Waals surface area contributed by atoms with Crippen molar-refractivity contribution >= 4 is 5.97 Å². The van der Waals surface area contributed by atoms with Gasteiger partial charge in [0.15, 0.2) is 0 Å². The highest BCUT2D eigenvalue weighted by Crippen LogP contribution is 2.29. The number of benzene rings is 2. The number of ether oxygens (including phenoxy) is 1. The number of aryl methyl sites for hydroxylation is 1. The number of rotatable bonds is 13. The van der Waals surface area contributed by atoms with Crippen LogP contribution in [0.2, 0.25) is 0 Å². The number of hydrogen-bond acceptors (Lipinski definition) is 2. The van der Waals surface area contributed by atoms with E-state index in [1.165, 1.54) is 68.7 Å². The number of carbonyl (C=O) groups is 1. The molecule has 2 rings (SSSR count). The molecular formula is C24H30F2O3. The molecule has 0 saturated carbocycles. The van der Waals surface area contributed by atoms with Crippen molar-refractivity contribution in [2.45, 2.75) is 71.3 Å². The van der Waals surface area contributed by atoms with Gasteiger partial charge in [-0.2, -0.15) is 8.78 Å². The highest BCUT2D eigenvalue weighted by molar-refractivity contribution is 5.96. The summed E-state index contributed by atoms with van der Waals surface area (Å²) in [6.45, 7) is -0.727. The van der Waals surface area contributed by atoms with E-state index in [4.69, 9.17) is 0 Å². The van der Waals surface area contributed by atoms with Crippen molar-refractivity contribution in [2.24, 2.45) is 0 Å². The van der Waals surface area contributed by atoms with Gasteiger partial charge in [-0.1, -0.05) is 76.1 Å². The second kappa shape index (κ2) is 12.2. The minimum absolute atomic E-state index is 0.0528. The fourth-order valence-electron chi connectivity index (χ4n) is 3.44. The summed E-state index contributed by atoms with van der Waals surface area (Å²) in [5.74, 6) is -1.16. The molecular weight excluding hydrogens is 374 g/mol. The van der Waals surface area contributed by atoms with Crippen LogP contribution in [0.1, 0.15) is 74.2 Å². The van der Waals surface area contributed by atoms with Crippen LogP contribution in [-0.2, 0) is 6.42 Å². The lowest BCUT2D eigenvalue weighted by molar-refractivity contribution is -0.0498. The van der Waals surface area contributed by atoms with Crippen LogP contribution in [0.25, 0.3) is 11.1 Å². The van der Waals surface area contributed by atoms with Crippen molar-refractivity contribution in [2.75, 3.05) is 0 Å². The highest BCUT2D eigenvalue weighted by Gasteiger charge is 2.14. The van der Waals surface area contributed by atoms with Gasteiger partial charge in [-0.3, -0.25) is 0 Å². The molecule has 0 fully saturated rings. The monoisotopic (exact) mass is 404 g/mol. The molecule has 2 aromatic rings. The van der Waals surface area contributed by atoms with E-state index < -0.39 is 12.6 Å². The number of unbranched alkanes of at least 4 members (excludes halogenated alkanes) is 7. The lowest BCUT2D eigenvalue weighted by atomic mass is 9.97. The van der Waals surface area contributed by atoms with Gasteiger partial charge in [-0.15, -0.1) is 0 Å². The van der Waals surface area contributed by atoms with E-state index in [1.54, 1.807) is 0 Å². The second-order valence-corrected chi connectivity index (χ2v) is 7.31. The molecule has 0 saturated heterocycles. The summed E-state index contributed by atoms with van der Waals surface area (Å²) < 4.78 is 29.4. The maximum Gasteiger partial charge on any atom is 0.387 e. The predicted molar refractivity (Wildman–Crippen MR) is 112 cm³/mol. The third kappa shape index (κ3) is 7.84. The van der Waals surface area contributed by atoms with Crippen molar-refractivity contribution in [3.05, 3.63) is 53.6 Å². The average molecular weight is 404 g/mol. The lowest BCUT2D eigenvalue weighted by Crippen LogP contribution is -2.04. The van der Waals surface area contributed by atoms with E-state index in [0.717, 1.165) is 12.8 Å². The molecule has 0 heterocycles. The second-order valence-electron chi connectivity index (χ2n) is 7.31.